The van der Waals surface area contributed by atoms with Crippen LogP contribution in [0.5, 0.6) is 0 Å². The average Bonchev–Trinajstić information content (AvgIpc) is 2.38. The zero-order valence-electron chi connectivity index (χ0n) is 5.78. The van der Waals surface area contributed by atoms with Crippen molar-refractivity contribution >= 4 is 57.7 Å². The Balaban J connectivity index is 2.62. The predicted molar refractivity (Wildman–Crippen MR) is 56.1 cm³/mol. The summed E-state index contributed by atoms with van der Waals surface area (Å²) in [6, 6.07) is 0. The SMILES string of the molecule is Clc1sc(Cl)c2c1[C@H](Cl)C[C@H]2Cl. The van der Waals surface area contributed by atoms with Crippen LogP contribution in [-0.2, 0) is 0 Å². The van der Waals surface area contributed by atoms with E-state index in [4.69, 9.17) is 46.4 Å². The Morgan fingerprint density at radius 2 is 1.42 bits per heavy atom. The van der Waals surface area contributed by atoms with E-state index in [2.05, 4.69) is 0 Å². The van der Waals surface area contributed by atoms with Crippen LogP contribution in [0.3, 0.4) is 0 Å². The maximum absolute atomic E-state index is 6.04. The standard InChI is InChI=1S/C7H4Cl4S/c8-2-1-3(9)5-4(2)6(10)12-7(5)11/h2-3H,1H2/t2-,3-/m1/s1. The molecule has 0 N–H and O–H groups in total. The van der Waals surface area contributed by atoms with Crippen LogP contribution in [0.1, 0.15) is 28.3 Å². The molecule has 12 heavy (non-hydrogen) atoms. The Morgan fingerprint density at radius 3 is 1.83 bits per heavy atom. The summed E-state index contributed by atoms with van der Waals surface area (Å²) in [5, 5.41) is -0.141. The Bertz CT molecular complexity index is 291. The fraction of sp³-hybridized carbons (Fsp3) is 0.429. The molecule has 0 radical (unpaired) electrons. The highest BCUT2D eigenvalue weighted by Crippen LogP contribution is 2.55. The third kappa shape index (κ3) is 1.27. The van der Waals surface area contributed by atoms with Crippen LogP contribution in [0.2, 0.25) is 8.67 Å². The first-order chi connectivity index (χ1) is 5.61. The van der Waals surface area contributed by atoms with E-state index in [1.165, 1.54) is 11.3 Å². The van der Waals surface area contributed by atoms with Crippen LogP contribution < -0.4 is 0 Å². The maximum Gasteiger partial charge on any atom is 0.0994 e. The molecule has 0 aliphatic heterocycles. The first kappa shape index (κ1) is 9.42. The molecule has 1 aliphatic carbocycles. The molecular formula is C7H4Cl4S. The summed E-state index contributed by atoms with van der Waals surface area (Å²) in [5.74, 6) is 0. The first-order valence-electron chi connectivity index (χ1n) is 3.37. The van der Waals surface area contributed by atoms with Gasteiger partial charge >= 0.3 is 0 Å². The van der Waals surface area contributed by atoms with Gasteiger partial charge in [-0.15, -0.1) is 34.5 Å². The van der Waals surface area contributed by atoms with Crippen molar-refractivity contribution in [3.05, 3.63) is 19.8 Å². The molecule has 0 amide bonds. The summed E-state index contributed by atoms with van der Waals surface area (Å²) in [5.41, 5.74) is 1.88. The van der Waals surface area contributed by atoms with Gasteiger partial charge in [-0.2, -0.15) is 0 Å². The lowest BCUT2D eigenvalue weighted by Gasteiger charge is -1.98. The molecule has 0 bridgehead atoms. The molecular weight excluding hydrogens is 258 g/mol. The highest BCUT2D eigenvalue weighted by atomic mass is 35.5. The third-order valence-corrected chi connectivity index (χ3v) is 4.39. The van der Waals surface area contributed by atoms with Crippen molar-refractivity contribution in [3.63, 3.8) is 0 Å². The van der Waals surface area contributed by atoms with Crippen molar-refractivity contribution in [1.29, 1.82) is 0 Å². The summed E-state index contributed by atoms with van der Waals surface area (Å²) in [6.07, 6.45) is 0.723. The van der Waals surface area contributed by atoms with E-state index >= 15 is 0 Å². The van der Waals surface area contributed by atoms with Crippen molar-refractivity contribution in [3.8, 4) is 0 Å². The second kappa shape index (κ2) is 3.21. The molecule has 1 heterocycles. The molecule has 2 rings (SSSR count). The van der Waals surface area contributed by atoms with Crippen LogP contribution in [0.15, 0.2) is 0 Å². The maximum atomic E-state index is 6.04. The van der Waals surface area contributed by atoms with Crippen molar-refractivity contribution < 1.29 is 0 Å². The van der Waals surface area contributed by atoms with E-state index in [-0.39, 0.29) is 10.8 Å². The van der Waals surface area contributed by atoms with E-state index in [1.54, 1.807) is 0 Å². The molecule has 5 heteroatoms. The molecule has 0 spiro atoms. The van der Waals surface area contributed by atoms with Crippen LogP contribution in [0.4, 0.5) is 0 Å². The van der Waals surface area contributed by atoms with Gasteiger partial charge in [0.2, 0.25) is 0 Å². The van der Waals surface area contributed by atoms with Gasteiger partial charge in [0.25, 0.3) is 0 Å². The minimum atomic E-state index is -0.0706. The Kier molecular flexibility index (Phi) is 2.52. The monoisotopic (exact) mass is 260 g/mol. The largest absolute Gasteiger partial charge is 0.118 e. The summed E-state index contributed by atoms with van der Waals surface area (Å²) >= 11 is 25.3. The van der Waals surface area contributed by atoms with Gasteiger partial charge in [-0.3, -0.25) is 0 Å². The second-order valence-corrected chi connectivity index (χ2v) is 5.93. The number of hydrogen-bond acceptors (Lipinski definition) is 1. The summed E-state index contributed by atoms with van der Waals surface area (Å²) < 4.78 is 1.36. The second-order valence-electron chi connectivity index (χ2n) is 2.65. The molecule has 0 saturated heterocycles. The zero-order chi connectivity index (χ0) is 8.88. The molecule has 2 atom stereocenters. The quantitative estimate of drug-likeness (QED) is 0.576. The molecule has 1 aromatic rings. The molecule has 0 fully saturated rings. The lowest BCUT2D eigenvalue weighted by atomic mass is 10.2. The molecule has 1 aromatic heterocycles. The highest BCUT2D eigenvalue weighted by molar-refractivity contribution is 7.20. The number of thiophene rings is 1. The van der Waals surface area contributed by atoms with Gasteiger partial charge in [0.05, 0.1) is 19.4 Å². The fourth-order valence-corrected chi connectivity index (χ4v) is 4.47. The summed E-state index contributed by atoms with van der Waals surface area (Å²) in [6.45, 7) is 0. The number of hydrogen-bond donors (Lipinski definition) is 0. The van der Waals surface area contributed by atoms with Gasteiger partial charge in [-0.1, -0.05) is 23.2 Å². The van der Waals surface area contributed by atoms with Crippen LogP contribution >= 0.6 is 57.7 Å². The van der Waals surface area contributed by atoms with Crippen LogP contribution in [0.25, 0.3) is 0 Å². The minimum absolute atomic E-state index is 0.0706. The van der Waals surface area contributed by atoms with E-state index < -0.39 is 0 Å². The van der Waals surface area contributed by atoms with Gasteiger partial charge in [-0.05, 0) is 6.42 Å². The summed E-state index contributed by atoms with van der Waals surface area (Å²) in [7, 11) is 0. The molecule has 1 aliphatic rings. The van der Waals surface area contributed by atoms with Crippen LogP contribution in [-0.4, -0.2) is 0 Å². The van der Waals surface area contributed by atoms with Gasteiger partial charge in [0, 0.05) is 11.1 Å². The normalized spacial score (nSPS) is 27.7. The lowest BCUT2D eigenvalue weighted by molar-refractivity contribution is 0.855. The minimum Gasteiger partial charge on any atom is -0.118 e. The van der Waals surface area contributed by atoms with Crippen molar-refractivity contribution in [2.45, 2.75) is 17.2 Å². The Morgan fingerprint density at radius 1 is 1.00 bits per heavy atom. The van der Waals surface area contributed by atoms with E-state index in [1.807, 2.05) is 0 Å². The fourth-order valence-electron chi connectivity index (χ4n) is 1.40. The smallest absolute Gasteiger partial charge is 0.0994 e. The molecule has 66 valence electrons. The van der Waals surface area contributed by atoms with E-state index in [9.17, 15) is 0 Å². The van der Waals surface area contributed by atoms with Gasteiger partial charge in [0.15, 0.2) is 0 Å². The van der Waals surface area contributed by atoms with Gasteiger partial charge < -0.3 is 0 Å². The highest BCUT2D eigenvalue weighted by Gasteiger charge is 2.34. The van der Waals surface area contributed by atoms with Gasteiger partial charge in [0.1, 0.15) is 0 Å². The Hall–Kier alpha value is 0.860. The predicted octanol–water partition coefficient (Wildman–Crippen LogP) is 5.02. The van der Waals surface area contributed by atoms with E-state index in [0.717, 1.165) is 17.5 Å². The topological polar surface area (TPSA) is 0 Å². The third-order valence-electron chi connectivity index (χ3n) is 1.93. The first-order valence-corrected chi connectivity index (χ1v) is 5.81. The average molecular weight is 262 g/mol. The van der Waals surface area contributed by atoms with Gasteiger partial charge in [-0.25, -0.2) is 0 Å². The summed E-state index contributed by atoms with van der Waals surface area (Å²) in [4.78, 5) is 0. The molecule has 0 unspecified atom stereocenters. The van der Waals surface area contributed by atoms with Crippen molar-refractivity contribution in [2.24, 2.45) is 0 Å². The zero-order valence-corrected chi connectivity index (χ0v) is 9.62. The van der Waals surface area contributed by atoms with E-state index in [0.29, 0.717) is 8.67 Å². The Labute approximate surface area is 94.4 Å². The lowest BCUT2D eigenvalue weighted by Crippen LogP contribution is -1.79. The molecule has 0 saturated carbocycles. The molecule has 0 aromatic carbocycles. The van der Waals surface area contributed by atoms with Crippen LogP contribution in [0, 0.1) is 0 Å². The number of alkyl halides is 2. The number of fused-ring (bicyclic) bond motifs is 1. The number of halogens is 4. The van der Waals surface area contributed by atoms with Crippen molar-refractivity contribution in [1.82, 2.24) is 0 Å². The van der Waals surface area contributed by atoms with Crippen molar-refractivity contribution in [2.75, 3.05) is 0 Å². The number of rotatable bonds is 0. The molecule has 0 nitrogen and oxygen atoms in total.